The van der Waals surface area contributed by atoms with Gasteiger partial charge in [-0.05, 0) is 24.6 Å². The molecule has 0 aliphatic rings. The van der Waals surface area contributed by atoms with E-state index in [0.29, 0.717) is 15.8 Å². The third kappa shape index (κ3) is 4.69. The molecule has 0 spiro atoms. The molecule has 0 aliphatic carbocycles. The monoisotopic (exact) mass is 393 g/mol. The molecule has 0 bridgehead atoms. The van der Waals surface area contributed by atoms with Crippen LogP contribution in [0, 0.1) is 6.92 Å². The number of ether oxygens (including phenoxy) is 1. The molecule has 25 heavy (non-hydrogen) atoms. The number of aromatic nitrogens is 3. The van der Waals surface area contributed by atoms with E-state index in [4.69, 9.17) is 27.9 Å². The zero-order valence-electron chi connectivity index (χ0n) is 13.9. The second-order valence-corrected chi connectivity index (χ2v) is 7.39. The van der Waals surface area contributed by atoms with Crippen molar-refractivity contribution in [1.82, 2.24) is 14.8 Å². The topological polar surface area (TPSA) is 39.9 Å². The first-order valence-corrected chi connectivity index (χ1v) is 9.41. The summed E-state index contributed by atoms with van der Waals surface area (Å²) in [6, 6.07) is 13.6. The van der Waals surface area contributed by atoms with E-state index in [2.05, 4.69) is 41.4 Å². The van der Waals surface area contributed by atoms with Gasteiger partial charge < -0.3 is 9.30 Å². The first kappa shape index (κ1) is 18.1. The first-order valence-electron chi connectivity index (χ1n) is 7.67. The molecule has 0 fully saturated rings. The SMILES string of the molecule is Cc1cccc(CSc2nnc(COc3cc(Cl)ccc3Cl)n2C)c1. The van der Waals surface area contributed by atoms with E-state index in [-0.39, 0.29) is 6.61 Å². The average Bonchev–Trinajstić information content (AvgIpc) is 2.94. The number of hydrogen-bond acceptors (Lipinski definition) is 4. The molecule has 0 amide bonds. The number of benzene rings is 2. The van der Waals surface area contributed by atoms with Crippen LogP contribution in [0.2, 0.25) is 10.0 Å². The van der Waals surface area contributed by atoms with Crippen LogP contribution < -0.4 is 4.74 Å². The van der Waals surface area contributed by atoms with Gasteiger partial charge in [0.2, 0.25) is 0 Å². The van der Waals surface area contributed by atoms with Crippen LogP contribution in [0.15, 0.2) is 47.6 Å². The molecule has 7 heteroatoms. The lowest BCUT2D eigenvalue weighted by Gasteiger charge is -2.08. The summed E-state index contributed by atoms with van der Waals surface area (Å²) >= 11 is 13.7. The van der Waals surface area contributed by atoms with Crippen molar-refractivity contribution in [3.8, 4) is 5.75 Å². The van der Waals surface area contributed by atoms with Gasteiger partial charge in [0.15, 0.2) is 11.0 Å². The Morgan fingerprint density at radius 2 is 1.96 bits per heavy atom. The smallest absolute Gasteiger partial charge is 0.191 e. The van der Waals surface area contributed by atoms with Crippen molar-refractivity contribution >= 4 is 35.0 Å². The molecule has 2 aromatic carbocycles. The average molecular weight is 394 g/mol. The van der Waals surface area contributed by atoms with E-state index in [1.54, 1.807) is 30.0 Å². The number of hydrogen-bond donors (Lipinski definition) is 0. The minimum Gasteiger partial charge on any atom is -0.484 e. The molecule has 0 aliphatic heterocycles. The Morgan fingerprint density at radius 1 is 1.12 bits per heavy atom. The molecule has 3 aromatic rings. The van der Waals surface area contributed by atoms with Crippen LogP contribution in [0.5, 0.6) is 5.75 Å². The number of rotatable bonds is 6. The van der Waals surface area contributed by atoms with Gasteiger partial charge in [-0.25, -0.2) is 0 Å². The van der Waals surface area contributed by atoms with E-state index < -0.39 is 0 Å². The zero-order chi connectivity index (χ0) is 17.8. The lowest BCUT2D eigenvalue weighted by Crippen LogP contribution is -2.04. The highest BCUT2D eigenvalue weighted by atomic mass is 35.5. The summed E-state index contributed by atoms with van der Waals surface area (Å²) in [5.74, 6) is 2.10. The molecular formula is C18H17Cl2N3OS. The molecule has 0 radical (unpaired) electrons. The largest absolute Gasteiger partial charge is 0.484 e. The van der Waals surface area contributed by atoms with E-state index >= 15 is 0 Å². The third-order valence-corrected chi connectivity index (χ3v) is 5.26. The summed E-state index contributed by atoms with van der Waals surface area (Å²) in [5, 5.41) is 10.4. The Balaban J connectivity index is 1.63. The fourth-order valence-electron chi connectivity index (χ4n) is 2.28. The minimum absolute atomic E-state index is 0.272. The first-order chi connectivity index (χ1) is 12.0. The van der Waals surface area contributed by atoms with Crippen molar-refractivity contribution in [2.45, 2.75) is 24.4 Å². The van der Waals surface area contributed by atoms with Crippen LogP contribution >= 0.6 is 35.0 Å². The summed E-state index contributed by atoms with van der Waals surface area (Å²) in [4.78, 5) is 0. The van der Waals surface area contributed by atoms with Gasteiger partial charge in [-0.15, -0.1) is 10.2 Å². The number of nitrogens with zero attached hydrogens (tertiary/aromatic N) is 3. The van der Waals surface area contributed by atoms with Crippen LogP contribution in [-0.4, -0.2) is 14.8 Å². The van der Waals surface area contributed by atoms with Crippen molar-refractivity contribution in [3.63, 3.8) is 0 Å². The molecule has 0 saturated carbocycles. The van der Waals surface area contributed by atoms with Gasteiger partial charge in [-0.3, -0.25) is 0 Å². The summed E-state index contributed by atoms with van der Waals surface area (Å²) in [6.45, 7) is 2.36. The second kappa shape index (κ2) is 8.13. The summed E-state index contributed by atoms with van der Waals surface area (Å²) < 4.78 is 7.66. The number of halogens is 2. The molecule has 1 aromatic heterocycles. The summed E-state index contributed by atoms with van der Waals surface area (Å²) in [7, 11) is 1.93. The quantitative estimate of drug-likeness (QED) is 0.532. The standard InChI is InChI=1S/C18H17Cl2N3OS/c1-12-4-3-5-13(8-12)11-25-18-22-21-17(23(18)2)10-24-16-9-14(19)6-7-15(16)20/h3-9H,10-11H2,1-2H3. The second-order valence-electron chi connectivity index (χ2n) is 5.60. The van der Waals surface area contributed by atoms with Crippen molar-refractivity contribution in [1.29, 1.82) is 0 Å². The maximum atomic E-state index is 6.11. The highest BCUT2D eigenvalue weighted by Crippen LogP contribution is 2.28. The third-order valence-electron chi connectivity index (χ3n) is 3.63. The zero-order valence-corrected chi connectivity index (χ0v) is 16.2. The maximum Gasteiger partial charge on any atom is 0.191 e. The van der Waals surface area contributed by atoms with Crippen molar-refractivity contribution < 1.29 is 4.74 Å². The van der Waals surface area contributed by atoms with Crippen molar-refractivity contribution in [2.24, 2.45) is 7.05 Å². The van der Waals surface area contributed by atoms with E-state index in [1.165, 1.54) is 11.1 Å². The van der Waals surface area contributed by atoms with Crippen LogP contribution in [0.4, 0.5) is 0 Å². The maximum absolute atomic E-state index is 6.11. The van der Waals surface area contributed by atoms with E-state index in [1.807, 2.05) is 11.6 Å². The van der Waals surface area contributed by atoms with Crippen LogP contribution in [0.1, 0.15) is 17.0 Å². The van der Waals surface area contributed by atoms with Gasteiger partial charge in [0, 0.05) is 23.9 Å². The normalized spacial score (nSPS) is 10.9. The Hall–Kier alpha value is -1.69. The fraction of sp³-hybridized carbons (Fsp3) is 0.222. The summed E-state index contributed by atoms with van der Waals surface area (Å²) in [5.41, 5.74) is 2.51. The molecule has 0 unspecified atom stereocenters. The van der Waals surface area contributed by atoms with Gasteiger partial charge in [-0.1, -0.05) is 64.8 Å². The Bertz CT molecular complexity index is 883. The molecule has 130 valence electrons. The lowest BCUT2D eigenvalue weighted by atomic mass is 10.2. The fourth-order valence-corrected chi connectivity index (χ4v) is 3.48. The number of aryl methyl sites for hydroxylation is 1. The van der Waals surface area contributed by atoms with Crippen molar-refractivity contribution in [2.75, 3.05) is 0 Å². The lowest BCUT2D eigenvalue weighted by molar-refractivity contribution is 0.290. The van der Waals surface area contributed by atoms with Gasteiger partial charge in [-0.2, -0.15) is 0 Å². The molecule has 3 rings (SSSR count). The van der Waals surface area contributed by atoms with Crippen LogP contribution in [0.3, 0.4) is 0 Å². The minimum atomic E-state index is 0.272. The molecule has 0 saturated heterocycles. The van der Waals surface area contributed by atoms with Crippen LogP contribution in [-0.2, 0) is 19.4 Å². The highest BCUT2D eigenvalue weighted by molar-refractivity contribution is 7.98. The summed E-state index contributed by atoms with van der Waals surface area (Å²) in [6.07, 6.45) is 0. The Labute approximate surface area is 161 Å². The van der Waals surface area contributed by atoms with Gasteiger partial charge in [0.25, 0.3) is 0 Å². The van der Waals surface area contributed by atoms with Gasteiger partial charge >= 0.3 is 0 Å². The Kier molecular flexibility index (Phi) is 5.89. The van der Waals surface area contributed by atoms with Gasteiger partial charge in [0.1, 0.15) is 12.4 Å². The number of thioether (sulfide) groups is 1. The van der Waals surface area contributed by atoms with Gasteiger partial charge in [0.05, 0.1) is 5.02 Å². The predicted molar refractivity (Wildman–Crippen MR) is 103 cm³/mol. The molecule has 0 atom stereocenters. The molecule has 1 heterocycles. The molecular weight excluding hydrogens is 377 g/mol. The van der Waals surface area contributed by atoms with Crippen molar-refractivity contribution in [3.05, 3.63) is 69.5 Å². The van der Waals surface area contributed by atoms with Crippen LogP contribution in [0.25, 0.3) is 0 Å². The van der Waals surface area contributed by atoms with E-state index in [9.17, 15) is 0 Å². The van der Waals surface area contributed by atoms with E-state index in [0.717, 1.165) is 16.7 Å². The Morgan fingerprint density at radius 3 is 2.76 bits per heavy atom. The molecule has 4 nitrogen and oxygen atoms in total. The predicted octanol–water partition coefficient (Wildman–Crippen LogP) is 5.30. The highest BCUT2D eigenvalue weighted by Gasteiger charge is 2.11. The molecule has 0 N–H and O–H groups in total.